The van der Waals surface area contributed by atoms with Gasteiger partial charge in [0.15, 0.2) is 11.5 Å². The highest BCUT2D eigenvalue weighted by atomic mass is 79.9. The van der Waals surface area contributed by atoms with E-state index in [0.29, 0.717) is 28.0 Å². The van der Waals surface area contributed by atoms with Crippen molar-refractivity contribution in [1.29, 1.82) is 0 Å². The zero-order valence-corrected chi connectivity index (χ0v) is 24.4. The summed E-state index contributed by atoms with van der Waals surface area (Å²) < 4.78 is 36.2. The Bertz CT molecular complexity index is 1590. The molecule has 4 aromatic rings. The SMILES string of the molecule is C[C@]1(c2ccc(Cl)cc2F)Oc2cccc(C3CCN(Cc4nc5ccnc(Br)c5n4C[C@@H]4CCO4)CC3)c2O1. The third kappa shape index (κ3) is 4.66. The van der Waals surface area contributed by atoms with E-state index in [1.54, 1.807) is 25.3 Å². The summed E-state index contributed by atoms with van der Waals surface area (Å²) in [5.41, 5.74) is 3.41. The van der Waals surface area contributed by atoms with Gasteiger partial charge in [0.1, 0.15) is 21.8 Å². The lowest BCUT2D eigenvalue weighted by Crippen LogP contribution is -2.35. The fourth-order valence-corrected chi connectivity index (χ4v) is 6.77. The maximum absolute atomic E-state index is 14.8. The van der Waals surface area contributed by atoms with E-state index in [2.05, 4.69) is 36.4 Å². The molecule has 0 radical (unpaired) electrons. The van der Waals surface area contributed by atoms with Gasteiger partial charge in [0, 0.05) is 30.3 Å². The summed E-state index contributed by atoms with van der Waals surface area (Å²) in [5.74, 6) is 0.999. The van der Waals surface area contributed by atoms with Crippen LogP contribution in [0.2, 0.25) is 5.02 Å². The van der Waals surface area contributed by atoms with Crippen LogP contribution in [0.25, 0.3) is 11.0 Å². The van der Waals surface area contributed by atoms with Gasteiger partial charge in [-0.15, -0.1) is 0 Å². The Morgan fingerprint density at radius 1 is 1.12 bits per heavy atom. The fourth-order valence-electron chi connectivity index (χ4n) is 6.08. The first-order chi connectivity index (χ1) is 19.4. The van der Waals surface area contributed by atoms with Crippen molar-refractivity contribution < 1.29 is 18.6 Å². The van der Waals surface area contributed by atoms with Crippen molar-refractivity contribution in [2.75, 3.05) is 19.7 Å². The van der Waals surface area contributed by atoms with Crippen molar-refractivity contribution in [3.63, 3.8) is 0 Å². The standard InChI is InChI=1S/C30H29BrClFN4O3/c1-30(22-6-5-19(32)15-23(22)33)39-25-4-2-3-21(28(25)40-30)18-8-12-36(13-9-18)17-26-35-24-7-11-34-29(31)27(24)37(26)16-20-10-14-38-20/h2-7,11,15,18,20H,8-10,12-14,16-17H2,1H3/t20-,30-/m0/s1. The summed E-state index contributed by atoms with van der Waals surface area (Å²) in [4.78, 5) is 11.9. The first kappa shape index (κ1) is 26.2. The van der Waals surface area contributed by atoms with Crippen molar-refractivity contribution in [3.05, 3.63) is 81.1 Å². The number of rotatable bonds is 6. The maximum atomic E-state index is 14.8. The predicted molar refractivity (Wildman–Crippen MR) is 153 cm³/mol. The van der Waals surface area contributed by atoms with E-state index in [4.69, 9.17) is 30.8 Å². The Hall–Kier alpha value is -2.72. The molecule has 7 nitrogen and oxygen atoms in total. The van der Waals surface area contributed by atoms with Gasteiger partial charge in [0.2, 0.25) is 0 Å². The van der Waals surface area contributed by atoms with Crippen molar-refractivity contribution >= 4 is 38.6 Å². The molecule has 10 heteroatoms. The minimum Gasteiger partial charge on any atom is -0.444 e. The molecule has 0 N–H and O–H groups in total. The number of likely N-dealkylation sites (tertiary alicyclic amines) is 1. The summed E-state index contributed by atoms with van der Waals surface area (Å²) in [6.07, 6.45) is 5.03. The average Bonchev–Trinajstić information content (AvgIpc) is 3.44. The number of hydrogen-bond acceptors (Lipinski definition) is 6. The lowest BCUT2D eigenvalue weighted by atomic mass is 9.88. The molecule has 2 aromatic heterocycles. The van der Waals surface area contributed by atoms with Gasteiger partial charge in [-0.3, -0.25) is 4.90 Å². The summed E-state index contributed by atoms with van der Waals surface area (Å²) in [7, 11) is 0. The first-order valence-electron chi connectivity index (χ1n) is 13.7. The van der Waals surface area contributed by atoms with Gasteiger partial charge in [-0.2, -0.15) is 0 Å². The van der Waals surface area contributed by atoms with Crippen LogP contribution in [0.15, 0.2) is 53.3 Å². The first-order valence-corrected chi connectivity index (χ1v) is 14.8. The predicted octanol–water partition coefficient (Wildman–Crippen LogP) is 6.80. The normalized spacial score (nSPS) is 23.1. The van der Waals surface area contributed by atoms with Crippen LogP contribution in [0.1, 0.15) is 49.1 Å². The number of aromatic nitrogens is 3. The van der Waals surface area contributed by atoms with Crippen LogP contribution >= 0.6 is 27.5 Å². The second-order valence-electron chi connectivity index (χ2n) is 10.9. The number of halogens is 3. The number of nitrogens with zero attached hydrogens (tertiary/aromatic N) is 4. The number of para-hydroxylation sites is 1. The van der Waals surface area contributed by atoms with Gasteiger partial charge in [0.05, 0.1) is 30.3 Å². The van der Waals surface area contributed by atoms with E-state index in [9.17, 15) is 4.39 Å². The van der Waals surface area contributed by atoms with Gasteiger partial charge in [0.25, 0.3) is 5.79 Å². The summed E-state index contributed by atoms with van der Waals surface area (Å²) in [6, 6.07) is 12.5. The largest absolute Gasteiger partial charge is 0.444 e. The Kier molecular flexibility index (Phi) is 6.73. The zero-order chi connectivity index (χ0) is 27.4. The van der Waals surface area contributed by atoms with Crippen LogP contribution in [0, 0.1) is 5.82 Å². The van der Waals surface area contributed by atoms with Gasteiger partial charge in [-0.1, -0.05) is 23.7 Å². The minimum atomic E-state index is -1.25. The molecule has 0 spiro atoms. The van der Waals surface area contributed by atoms with E-state index in [1.165, 1.54) is 6.07 Å². The average molecular weight is 628 g/mol. The monoisotopic (exact) mass is 626 g/mol. The van der Waals surface area contributed by atoms with Gasteiger partial charge in [-0.05, 0) is 84.5 Å². The number of pyridine rings is 1. The highest BCUT2D eigenvalue weighted by Gasteiger charge is 2.43. The van der Waals surface area contributed by atoms with Crippen molar-refractivity contribution in [1.82, 2.24) is 19.4 Å². The minimum absolute atomic E-state index is 0.225. The molecule has 3 aliphatic rings. The molecule has 0 amide bonds. The van der Waals surface area contributed by atoms with Crippen LogP contribution in [-0.2, 0) is 23.6 Å². The Morgan fingerprint density at radius 3 is 2.70 bits per heavy atom. The summed E-state index contributed by atoms with van der Waals surface area (Å²) in [5, 5.41) is 0.337. The van der Waals surface area contributed by atoms with Crippen molar-refractivity contribution in [2.45, 2.75) is 57.1 Å². The molecule has 2 aromatic carbocycles. The van der Waals surface area contributed by atoms with Crippen LogP contribution < -0.4 is 9.47 Å². The number of piperidine rings is 1. The third-order valence-corrected chi connectivity index (χ3v) is 9.11. The molecule has 0 aliphatic carbocycles. The molecule has 0 saturated carbocycles. The molecule has 5 heterocycles. The molecule has 208 valence electrons. The number of fused-ring (bicyclic) bond motifs is 2. The number of hydrogen-bond donors (Lipinski definition) is 0. The van der Waals surface area contributed by atoms with E-state index >= 15 is 0 Å². The molecule has 2 fully saturated rings. The molecule has 0 bridgehead atoms. The van der Waals surface area contributed by atoms with Gasteiger partial charge in [-0.25, -0.2) is 14.4 Å². The van der Waals surface area contributed by atoms with Gasteiger partial charge < -0.3 is 18.8 Å². The Labute approximate surface area is 245 Å². The van der Waals surface area contributed by atoms with E-state index in [0.717, 1.165) is 79.1 Å². The van der Waals surface area contributed by atoms with Crippen molar-refractivity contribution in [3.8, 4) is 11.5 Å². The van der Waals surface area contributed by atoms with E-state index in [1.807, 2.05) is 18.2 Å². The number of imidazole rings is 1. The fraction of sp³-hybridized carbons (Fsp3) is 0.400. The van der Waals surface area contributed by atoms with Crippen LogP contribution in [0.3, 0.4) is 0 Å². The Balaban J connectivity index is 1.08. The Morgan fingerprint density at radius 2 is 1.95 bits per heavy atom. The van der Waals surface area contributed by atoms with Crippen LogP contribution in [-0.4, -0.2) is 45.2 Å². The molecule has 3 aliphatic heterocycles. The van der Waals surface area contributed by atoms with E-state index < -0.39 is 11.6 Å². The molecule has 0 unspecified atom stereocenters. The number of benzene rings is 2. The zero-order valence-electron chi connectivity index (χ0n) is 22.1. The quantitative estimate of drug-likeness (QED) is 0.219. The van der Waals surface area contributed by atoms with Gasteiger partial charge >= 0.3 is 0 Å². The smallest absolute Gasteiger partial charge is 0.278 e. The van der Waals surface area contributed by atoms with Crippen molar-refractivity contribution in [2.24, 2.45) is 0 Å². The summed E-state index contributed by atoms with van der Waals surface area (Å²) in [6.45, 7) is 5.99. The number of ether oxygens (including phenoxy) is 3. The van der Waals surface area contributed by atoms with Crippen LogP contribution in [0.4, 0.5) is 4.39 Å². The van der Waals surface area contributed by atoms with E-state index in [-0.39, 0.29) is 6.10 Å². The second-order valence-corrected chi connectivity index (χ2v) is 12.1. The third-order valence-electron chi connectivity index (χ3n) is 8.29. The molecule has 2 atom stereocenters. The summed E-state index contributed by atoms with van der Waals surface area (Å²) >= 11 is 9.60. The maximum Gasteiger partial charge on any atom is 0.278 e. The second kappa shape index (κ2) is 10.3. The lowest BCUT2D eigenvalue weighted by Gasteiger charge is -2.33. The molecular weight excluding hydrogens is 599 g/mol. The molecule has 2 saturated heterocycles. The lowest BCUT2D eigenvalue weighted by molar-refractivity contribution is -0.0712. The highest BCUT2D eigenvalue weighted by molar-refractivity contribution is 9.10. The topological polar surface area (TPSA) is 61.6 Å². The highest BCUT2D eigenvalue weighted by Crippen LogP contribution is 2.50. The molecule has 40 heavy (non-hydrogen) atoms. The molecule has 7 rings (SSSR count). The molecular formula is C30H29BrClFN4O3. The van der Waals surface area contributed by atoms with Crippen LogP contribution in [0.5, 0.6) is 11.5 Å².